The summed E-state index contributed by atoms with van der Waals surface area (Å²) in [6, 6.07) is 0. The molecule has 0 unspecified atom stereocenters. The Morgan fingerprint density at radius 2 is 2.11 bits per heavy atom. The van der Waals surface area contributed by atoms with Crippen molar-refractivity contribution in [3.8, 4) is 0 Å². The van der Waals surface area contributed by atoms with Crippen LogP contribution in [0.2, 0.25) is 0 Å². The molecule has 0 heterocycles. The van der Waals surface area contributed by atoms with E-state index in [1.165, 1.54) is 0 Å². The Morgan fingerprint density at radius 3 is 2.22 bits per heavy atom. The summed E-state index contributed by atoms with van der Waals surface area (Å²) >= 11 is 0. The molecule has 0 saturated heterocycles. The van der Waals surface area contributed by atoms with Crippen LogP contribution in [-0.2, 0) is 32.7 Å². The maximum absolute atomic E-state index is 5.01. The second-order valence-corrected chi connectivity index (χ2v) is 1.82. The molecule has 0 fully saturated rings. The molecule has 2 N–H and O–H groups in total. The topological polar surface area (TPSA) is 38.4 Å². The number of hydrogen-bond donors (Lipinski definition) is 1. The molecule has 0 bridgehead atoms. The molecule has 2 nitrogen and oxygen atoms in total. The number of hydrogen-bond acceptors (Lipinski definition) is 2. The fourth-order valence-corrected chi connectivity index (χ4v) is 0.204. The third-order valence-corrected chi connectivity index (χ3v) is 0.452. The molecule has 0 amide bonds. The van der Waals surface area contributed by atoms with E-state index in [1.807, 2.05) is 13.8 Å². The van der Waals surface area contributed by atoms with Gasteiger partial charge in [0.05, 0.1) is 0 Å². The first-order valence-electron chi connectivity index (χ1n) is 2.47. The molecule has 0 atom stereocenters. The van der Waals surface area contributed by atoms with Crippen LogP contribution in [0.15, 0.2) is 10.8 Å². The van der Waals surface area contributed by atoms with Crippen LogP contribution in [0.3, 0.4) is 0 Å². The van der Waals surface area contributed by atoms with Crippen molar-refractivity contribution in [2.45, 2.75) is 13.8 Å². The number of nitrogens with two attached hydrogens (primary N) is 1. The Kier molecular flexibility index (Phi) is 8.60. The summed E-state index contributed by atoms with van der Waals surface area (Å²) in [5.41, 5.74) is 5.01. The largest absolute Gasteiger partial charge is 0.577 e. The van der Waals surface area contributed by atoms with Gasteiger partial charge in [0, 0.05) is 32.7 Å². The van der Waals surface area contributed by atoms with E-state index >= 15 is 0 Å². The summed E-state index contributed by atoms with van der Waals surface area (Å²) in [4.78, 5) is 3.55. The van der Waals surface area contributed by atoms with Gasteiger partial charge in [-0.05, 0) is 0 Å². The summed E-state index contributed by atoms with van der Waals surface area (Å²) in [6.45, 7) is 8.91. The van der Waals surface area contributed by atoms with E-state index in [-0.39, 0.29) is 44.4 Å². The van der Waals surface area contributed by atoms with Gasteiger partial charge < -0.3 is 17.3 Å². The summed E-state index contributed by atoms with van der Waals surface area (Å²) in [7, 11) is 0. The van der Waals surface area contributed by atoms with Crippen molar-refractivity contribution in [1.29, 1.82) is 0 Å². The molecule has 0 aliphatic heterocycles. The Labute approximate surface area is 81.5 Å². The van der Waals surface area contributed by atoms with Gasteiger partial charge in [-0.2, -0.15) is 6.21 Å². The molecule has 9 heavy (non-hydrogen) atoms. The van der Waals surface area contributed by atoms with E-state index in [9.17, 15) is 0 Å². The van der Waals surface area contributed by atoms with Crippen molar-refractivity contribution in [1.82, 2.24) is 0 Å². The summed E-state index contributed by atoms with van der Waals surface area (Å²) in [5, 5.41) is 0. The molecule has 0 saturated carbocycles. The van der Waals surface area contributed by atoms with Crippen molar-refractivity contribution in [2.75, 3.05) is 0 Å². The second-order valence-electron chi connectivity index (χ2n) is 1.82. The van der Waals surface area contributed by atoms with Crippen LogP contribution in [-0.4, -0.2) is 6.21 Å². The van der Waals surface area contributed by atoms with Gasteiger partial charge in [-0.25, -0.2) is 5.82 Å². The van der Waals surface area contributed by atoms with Crippen molar-refractivity contribution in [3.63, 3.8) is 0 Å². The van der Waals surface area contributed by atoms with Crippen molar-refractivity contribution < 1.29 is 32.7 Å². The zero-order valence-corrected chi connectivity index (χ0v) is 8.59. The molecule has 0 aliphatic rings. The zero-order valence-electron chi connectivity index (χ0n) is 5.76. The summed E-state index contributed by atoms with van der Waals surface area (Å²) in [6.07, 6.45) is 2.68. The predicted molar refractivity (Wildman–Crippen MR) is 34.3 cm³/mol. The third-order valence-electron chi connectivity index (χ3n) is 0.452. The number of rotatable bonds is 2. The van der Waals surface area contributed by atoms with Crippen LogP contribution in [0.1, 0.15) is 13.8 Å². The van der Waals surface area contributed by atoms with Crippen molar-refractivity contribution in [2.24, 2.45) is 16.6 Å². The molecule has 3 heteroatoms. The average Bonchev–Trinajstić information content (AvgIpc) is 1.61. The van der Waals surface area contributed by atoms with Crippen molar-refractivity contribution in [3.05, 3.63) is 12.4 Å². The fourth-order valence-electron chi connectivity index (χ4n) is 0.204. The first kappa shape index (κ1) is 12.0. The second kappa shape index (κ2) is 6.43. The first-order chi connectivity index (χ1) is 3.63. The van der Waals surface area contributed by atoms with E-state index in [0.717, 1.165) is 0 Å². The Hall–Kier alpha value is 0.314. The van der Waals surface area contributed by atoms with E-state index in [1.54, 1.807) is 0 Å². The van der Waals surface area contributed by atoms with Crippen LogP contribution in [0.4, 0.5) is 0 Å². The van der Waals surface area contributed by atoms with E-state index < -0.39 is 0 Å². The van der Waals surface area contributed by atoms with E-state index in [0.29, 0.717) is 0 Å². The van der Waals surface area contributed by atoms with Crippen LogP contribution in [0, 0.1) is 12.5 Å². The van der Waals surface area contributed by atoms with Gasteiger partial charge in [0.2, 0.25) is 0 Å². The molecule has 0 aliphatic carbocycles. The minimum Gasteiger partial charge on any atom is -0.577 e. The monoisotopic (exact) mass is 199 g/mol. The molecule has 0 rings (SSSR count). The van der Waals surface area contributed by atoms with E-state index in [4.69, 9.17) is 12.3 Å². The molecule has 0 aromatic carbocycles. The molecule has 0 spiro atoms. The van der Waals surface area contributed by atoms with Gasteiger partial charge in [0.15, 0.2) is 0 Å². The Bertz CT molecular complexity index is 108. The normalized spacial score (nSPS) is 9.67. The Balaban J connectivity index is 0. The SMILES string of the molecule is [CH-]=C(N)N=[C-]C(C)C.[Y]. The minimum absolute atomic E-state index is 0. The molecule has 1 radical (unpaired) electrons. The molecular formula is C6H10N2Y-2. The first-order valence-corrected chi connectivity index (χ1v) is 2.47. The maximum Gasteiger partial charge on any atom is 0 e. The van der Waals surface area contributed by atoms with Crippen LogP contribution >= 0.6 is 0 Å². The Morgan fingerprint density at radius 1 is 1.67 bits per heavy atom. The summed E-state index contributed by atoms with van der Waals surface area (Å²) in [5.74, 6) is 0.357. The fraction of sp³-hybridized carbons (Fsp3) is 0.500. The molecule has 0 aromatic heterocycles. The van der Waals surface area contributed by atoms with Crippen LogP contribution in [0.5, 0.6) is 0 Å². The average molecular weight is 199 g/mol. The van der Waals surface area contributed by atoms with Gasteiger partial charge in [-0.1, -0.05) is 19.8 Å². The van der Waals surface area contributed by atoms with E-state index in [2.05, 4.69) is 11.2 Å². The van der Waals surface area contributed by atoms with Gasteiger partial charge in [0.25, 0.3) is 0 Å². The van der Waals surface area contributed by atoms with Gasteiger partial charge in [0.1, 0.15) is 0 Å². The predicted octanol–water partition coefficient (Wildman–Crippen LogP) is 0.821. The standard InChI is InChI=1S/C6H10N2.Y/c1-5(2)4-8-6(3)7;/h3,5H,7H2,1-2H3;/q-2;. The van der Waals surface area contributed by atoms with Gasteiger partial charge in [-0.3, -0.25) is 0 Å². The van der Waals surface area contributed by atoms with Crippen LogP contribution in [0.25, 0.3) is 0 Å². The van der Waals surface area contributed by atoms with Gasteiger partial charge >= 0.3 is 0 Å². The van der Waals surface area contributed by atoms with Crippen molar-refractivity contribution >= 4 is 6.21 Å². The zero-order chi connectivity index (χ0) is 6.57. The number of aliphatic imine (C=N–C) groups is 1. The molecule has 49 valence electrons. The number of nitrogens with zero attached hydrogens (tertiary/aromatic N) is 1. The smallest absolute Gasteiger partial charge is 0 e. The minimum atomic E-state index is 0. The molecular weight excluding hydrogens is 189 g/mol. The van der Waals surface area contributed by atoms with Crippen LogP contribution < -0.4 is 5.73 Å². The van der Waals surface area contributed by atoms with Gasteiger partial charge in [-0.15, -0.1) is 0 Å². The molecule has 0 aromatic rings. The quantitative estimate of drug-likeness (QED) is 0.519. The maximum atomic E-state index is 5.01. The summed E-state index contributed by atoms with van der Waals surface area (Å²) < 4.78 is 0. The third kappa shape index (κ3) is 11.7.